The zero-order valence-corrected chi connectivity index (χ0v) is 11.1. The lowest BCUT2D eigenvalue weighted by Crippen LogP contribution is -2.38. The Balaban J connectivity index is 2.76. The number of hydrogen-bond donors (Lipinski definition) is 3. The van der Waals surface area contributed by atoms with Gasteiger partial charge in [-0.2, -0.15) is 0 Å². The number of aromatic nitrogens is 1. The molecule has 1 aromatic rings. The molecular weight excluding hydrogens is 290 g/mol. The average molecular weight is 304 g/mol. The van der Waals surface area contributed by atoms with Crippen LogP contribution >= 0.6 is 15.9 Å². The third-order valence-corrected chi connectivity index (χ3v) is 2.62. The third kappa shape index (κ3) is 3.86. The summed E-state index contributed by atoms with van der Waals surface area (Å²) < 4.78 is 1.72. The normalized spacial score (nSPS) is 12.0. The highest BCUT2D eigenvalue weighted by molar-refractivity contribution is 9.10. The minimum absolute atomic E-state index is 0.135. The second-order valence-corrected chi connectivity index (χ2v) is 4.53. The Hall–Kier alpha value is -1.34. The van der Waals surface area contributed by atoms with Crippen LogP contribution in [0.4, 0.5) is 10.5 Å². The molecule has 0 spiro atoms. The first kappa shape index (κ1) is 13.7. The summed E-state index contributed by atoms with van der Waals surface area (Å²) in [5.74, 6) is 0. The van der Waals surface area contributed by atoms with Gasteiger partial charge in [-0.25, -0.2) is 4.79 Å². The minimum Gasteiger partial charge on any atom is -0.394 e. The number of rotatable bonds is 3. The van der Waals surface area contributed by atoms with Crippen molar-refractivity contribution in [3.63, 3.8) is 0 Å². The van der Waals surface area contributed by atoms with Gasteiger partial charge in [-0.1, -0.05) is 0 Å². The lowest BCUT2D eigenvalue weighted by atomic mass is 10.4. The summed E-state index contributed by atoms with van der Waals surface area (Å²) in [6, 6.07) is 0.758. The van der Waals surface area contributed by atoms with Crippen molar-refractivity contribution in [2.24, 2.45) is 7.05 Å². The second kappa shape index (κ2) is 5.83. The van der Waals surface area contributed by atoms with E-state index in [4.69, 9.17) is 5.11 Å². The van der Waals surface area contributed by atoms with Crippen LogP contribution in [-0.4, -0.2) is 28.4 Å². The molecule has 6 nitrogen and oxygen atoms in total. The molecule has 2 amide bonds. The molecule has 0 saturated carbocycles. The maximum absolute atomic E-state index is 11.5. The summed E-state index contributed by atoms with van der Waals surface area (Å²) in [7, 11) is 1.59. The SMILES string of the molecule is C[C@@H](CO)NC(=O)Nc1cc(Br)c(=O)n(C)c1. The van der Waals surface area contributed by atoms with Crippen LogP contribution in [0, 0.1) is 0 Å². The number of anilines is 1. The predicted molar refractivity (Wildman–Crippen MR) is 68.1 cm³/mol. The standard InChI is InChI=1S/C10H14BrN3O3/c1-6(5-15)12-10(17)13-7-3-8(11)9(16)14(2)4-7/h3-4,6,15H,5H2,1-2H3,(H2,12,13,17)/t6-/m0/s1. The van der Waals surface area contributed by atoms with Gasteiger partial charge in [0.2, 0.25) is 0 Å². The number of halogens is 1. The minimum atomic E-state index is -0.433. The molecule has 0 bridgehead atoms. The Labute approximate surface area is 107 Å². The first-order chi connectivity index (χ1) is 7.93. The van der Waals surface area contributed by atoms with Gasteiger partial charge < -0.3 is 20.3 Å². The van der Waals surface area contributed by atoms with Gasteiger partial charge in [-0.15, -0.1) is 0 Å². The number of nitrogens with zero attached hydrogens (tertiary/aromatic N) is 1. The number of pyridine rings is 1. The molecule has 0 aromatic carbocycles. The molecule has 0 aliphatic heterocycles. The second-order valence-electron chi connectivity index (χ2n) is 3.67. The molecule has 1 aromatic heterocycles. The highest BCUT2D eigenvalue weighted by Crippen LogP contribution is 2.11. The Kier molecular flexibility index (Phi) is 4.71. The highest BCUT2D eigenvalue weighted by Gasteiger charge is 2.08. The number of aliphatic hydroxyl groups excluding tert-OH is 1. The molecule has 0 radical (unpaired) electrons. The van der Waals surface area contributed by atoms with Gasteiger partial charge in [0, 0.05) is 13.2 Å². The van der Waals surface area contributed by atoms with Gasteiger partial charge in [0.1, 0.15) is 0 Å². The van der Waals surface area contributed by atoms with Gasteiger partial charge in [-0.3, -0.25) is 4.79 Å². The molecule has 0 unspecified atom stereocenters. The lowest BCUT2D eigenvalue weighted by molar-refractivity contribution is 0.229. The summed E-state index contributed by atoms with van der Waals surface area (Å²) in [5, 5.41) is 13.9. The van der Waals surface area contributed by atoms with Crippen molar-refractivity contribution in [1.29, 1.82) is 0 Å². The van der Waals surface area contributed by atoms with E-state index in [-0.39, 0.29) is 18.2 Å². The van der Waals surface area contributed by atoms with Crippen LogP contribution in [0.2, 0.25) is 0 Å². The first-order valence-corrected chi connectivity index (χ1v) is 5.78. The van der Waals surface area contributed by atoms with Crippen molar-refractivity contribution in [2.75, 3.05) is 11.9 Å². The maximum Gasteiger partial charge on any atom is 0.319 e. The van der Waals surface area contributed by atoms with Crippen LogP contribution in [-0.2, 0) is 7.05 Å². The summed E-state index contributed by atoms with van der Waals surface area (Å²) in [5.41, 5.74) is 0.307. The third-order valence-electron chi connectivity index (χ3n) is 2.05. The van der Waals surface area contributed by atoms with Crippen molar-refractivity contribution in [3.05, 3.63) is 27.1 Å². The zero-order chi connectivity index (χ0) is 13.0. The van der Waals surface area contributed by atoms with Crippen LogP contribution in [0.5, 0.6) is 0 Å². The summed E-state index contributed by atoms with van der Waals surface area (Å²) in [6.45, 7) is 1.54. The van der Waals surface area contributed by atoms with E-state index in [1.165, 1.54) is 16.8 Å². The van der Waals surface area contributed by atoms with E-state index in [0.29, 0.717) is 10.2 Å². The fourth-order valence-corrected chi connectivity index (χ4v) is 1.70. The summed E-state index contributed by atoms with van der Waals surface area (Å²) in [4.78, 5) is 22.8. The quantitative estimate of drug-likeness (QED) is 0.767. The maximum atomic E-state index is 11.5. The number of nitrogens with one attached hydrogen (secondary N) is 2. The molecule has 0 fully saturated rings. The molecule has 7 heteroatoms. The van der Waals surface area contributed by atoms with E-state index in [1.807, 2.05) is 0 Å². The van der Waals surface area contributed by atoms with Crippen molar-refractivity contribution in [2.45, 2.75) is 13.0 Å². The van der Waals surface area contributed by atoms with E-state index >= 15 is 0 Å². The van der Waals surface area contributed by atoms with E-state index in [0.717, 1.165) is 0 Å². The number of urea groups is 1. The molecule has 94 valence electrons. The van der Waals surface area contributed by atoms with Crippen molar-refractivity contribution < 1.29 is 9.90 Å². The fourth-order valence-electron chi connectivity index (χ4n) is 1.18. The van der Waals surface area contributed by atoms with Crippen LogP contribution in [0.1, 0.15) is 6.92 Å². The topological polar surface area (TPSA) is 83.4 Å². The van der Waals surface area contributed by atoms with Gasteiger partial charge in [0.05, 0.1) is 22.8 Å². The Morgan fingerprint density at radius 3 is 2.82 bits per heavy atom. The Morgan fingerprint density at radius 1 is 1.65 bits per heavy atom. The van der Waals surface area contributed by atoms with E-state index in [9.17, 15) is 9.59 Å². The highest BCUT2D eigenvalue weighted by atomic mass is 79.9. The zero-order valence-electron chi connectivity index (χ0n) is 9.53. The van der Waals surface area contributed by atoms with Crippen LogP contribution < -0.4 is 16.2 Å². The molecule has 17 heavy (non-hydrogen) atoms. The number of carbonyl (C=O) groups is 1. The average Bonchev–Trinajstić information content (AvgIpc) is 2.25. The number of carbonyl (C=O) groups excluding carboxylic acids is 1. The van der Waals surface area contributed by atoms with E-state index < -0.39 is 6.03 Å². The van der Waals surface area contributed by atoms with E-state index in [1.54, 1.807) is 14.0 Å². The van der Waals surface area contributed by atoms with Gasteiger partial charge in [-0.05, 0) is 28.9 Å². The molecular formula is C10H14BrN3O3. The Bertz CT molecular complexity index is 446. The number of aliphatic hydroxyl groups is 1. The predicted octanol–water partition coefficient (Wildman–Crippen LogP) is 0.650. The molecule has 1 heterocycles. The molecule has 0 aliphatic carbocycles. The molecule has 3 N–H and O–H groups in total. The first-order valence-electron chi connectivity index (χ1n) is 4.98. The molecule has 1 rings (SSSR count). The lowest BCUT2D eigenvalue weighted by Gasteiger charge is -2.12. The van der Waals surface area contributed by atoms with Crippen LogP contribution in [0.3, 0.4) is 0 Å². The summed E-state index contributed by atoms with van der Waals surface area (Å²) in [6.07, 6.45) is 1.51. The smallest absolute Gasteiger partial charge is 0.319 e. The van der Waals surface area contributed by atoms with Crippen molar-refractivity contribution in [3.8, 4) is 0 Å². The van der Waals surface area contributed by atoms with Gasteiger partial charge >= 0.3 is 6.03 Å². The van der Waals surface area contributed by atoms with Crippen molar-refractivity contribution in [1.82, 2.24) is 9.88 Å². The van der Waals surface area contributed by atoms with Crippen LogP contribution in [0.25, 0.3) is 0 Å². The molecule has 0 aliphatic rings. The summed E-state index contributed by atoms with van der Waals surface area (Å²) >= 11 is 3.11. The monoisotopic (exact) mass is 303 g/mol. The largest absolute Gasteiger partial charge is 0.394 e. The molecule has 1 atom stereocenters. The van der Waals surface area contributed by atoms with Crippen molar-refractivity contribution >= 4 is 27.6 Å². The van der Waals surface area contributed by atoms with E-state index in [2.05, 4.69) is 26.6 Å². The number of hydrogen-bond acceptors (Lipinski definition) is 3. The number of aryl methyl sites for hydroxylation is 1. The fraction of sp³-hybridized carbons (Fsp3) is 0.400. The Morgan fingerprint density at radius 2 is 2.29 bits per heavy atom. The number of amides is 2. The molecule has 0 saturated heterocycles. The van der Waals surface area contributed by atoms with Crippen LogP contribution in [0.15, 0.2) is 21.5 Å². The van der Waals surface area contributed by atoms with Gasteiger partial charge in [0.25, 0.3) is 5.56 Å². The van der Waals surface area contributed by atoms with Gasteiger partial charge in [0.15, 0.2) is 0 Å².